The molecule has 1 amide bonds. The van der Waals surface area contributed by atoms with Crippen LogP contribution in [0.15, 0.2) is 34.6 Å². The van der Waals surface area contributed by atoms with Crippen molar-refractivity contribution < 1.29 is 4.79 Å². The summed E-state index contributed by atoms with van der Waals surface area (Å²) < 4.78 is 1.27. The van der Waals surface area contributed by atoms with E-state index < -0.39 is 5.56 Å². The molecule has 126 valence electrons. The van der Waals surface area contributed by atoms with Crippen LogP contribution in [0, 0.1) is 23.7 Å². The second-order valence-electron chi connectivity index (χ2n) is 6.80. The van der Waals surface area contributed by atoms with E-state index in [4.69, 9.17) is 5.26 Å². The Kier molecular flexibility index (Phi) is 5.25. The molecule has 2 heterocycles. The van der Waals surface area contributed by atoms with E-state index in [9.17, 15) is 9.59 Å². The molecule has 2 rings (SSSR count). The Balaban J connectivity index is 2.22. The predicted molar refractivity (Wildman–Crippen MR) is 94.8 cm³/mol. The first-order valence-corrected chi connectivity index (χ1v) is 8.55. The first-order valence-electron chi connectivity index (χ1n) is 7.67. The first-order chi connectivity index (χ1) is 11.2. The van der Waals surface area contributed by atoms with Crippen LogP contribution in [0.3, 0.4) is 0 Å². The van der Waals surface area contributed by atoms with Gasteiger partial charge in [-0.25, -0.2) is 0 Å². The van der Waals surface area contributed by atoms with Crippen LogP contribution in [0.2, 0.25) is 0 Å². The van der Waals surface area contributed by atoms with Gasteiger partial charge in [-0.1, -0.05) is 26.8 Å². The molecule has 0 aliphatic carbocycles. The van der Waals surface area contributed by atoms with Crippen molar-refractivity contribution in [3.05, 3.63) is 56.1 Å². The quantitative estimate of drug-likeness (QED) is 0.927. The lowest BCUT2D eigenvalue weighted by molar-refractivity contribution is -0.123. The van der Waals surface area contributed by atoms with E-state index >= 15 is 0 Å². The number of aryl methyl sites for hydroxylation is 1. The van der Waals surface area contributed by atoms with Crippen molar-refractivity contribution in [1.29, 1.82) is 5.26 Å². The molecular weight excluding hydrogens is 322 g/mol. The van der Waals surface area contributed by atoms with Gasteiger partial charge in [0, 0.05) is 11.1 Å². The third kappa shape index (κ3) is 3.92. The molecule has 0 saturated carbocycles. The summed E-state index contributed by atoms with van der Waals surface area (Å²) in [5.74, 6) is -0.252. The number of carbonyl (C=O) groups excluding carboxylic acids is 1. The average Bonchev–Trinajstić information content (AvgIpc) is 3.01. The fourth-order valence-electron chi connectivity index (χ4n) is 2.46. The van der Waals surface area contributed by atoms with Gasteiger partial charge in [0.25, 0.3) is 5.56 Å². The van der Waals surface area contributed by atoms with Crippen LogP contribution in [0.25, 0.3) is 0 Å². The van der Waals surface area contributed by atoms with Crippen LogP contribution in [0.5, 0.6) is 0 Å². The standard InChI is InChI=1S/C18H21N3O2S/c1-12-7-8-21(17(23)13(12)10-19)11-15(22)20-16(18(2,3)4)14-6-5-9-24-14/h5-9,16H,11H2,1-4H3,(H,20,22)/t16-/m1/s1. The second kappa shape index (κ2) is 7.02. The number of nitriles is 1. The lowest BCUT2D eigenvalue weighted by Gasteiger charge is -2.31. The van der Waals surface area contributed by atoms with E-state index in [1.807, 2.05) is 23.6 Å². The van der Waals surface area contributed by atoms with E-state index in [1.165, 1.54) is 4.57 Å². The van der Waals surface area contributed by atoms with E-state index in [0.29, 0.717) is 5.56 Å². The highest BCUT2D eigenvalue weighted by molar-refractivity contribution is 7.10. The van der Waals surface area contributed by atoms with E-state index in [1.54, 1.807) is 30.5 Å². The second-order valence-corrected chi connectivity index (χ2v) is 7.78. The number of hydrogen-bond donors (Lipinski definition) is 1. The number of hydrogen-bond acceptors (Lipinski definition) is 4. The Morgan fingerprint density at radius 3 is 2.67 bits per heavy atom. The normalized spacial score (nSPS) is 12.5. The number of thiophene rings is 1. The smallest absolute Gasteiger partial charge is 0.269 e. The summed E-state index contributed by atoms with van der Waals surface area (Å²) in [6, 6.07) is 7.38. The molecule has 2 aromatic heterocycles. The molecule has 5 nitrogen and oxygen atoms in total. The number of carbonyl (C=O) groups is 1. The third-order valence-electron chi connectivity index (χ3n) is 3.80. The summed E-state index contributed by atoms with van der Waals surface area (Å²) in [5.41, 5.74) is 0.105. The van der Waals surface area contributed by atoms with Crippen LogP contribution in [0.1, 0.15) is 42.8 Å². The highest BCUT2D eigenvalue weighted by Crippen LogP contribution is 2.35. The highest BCUT2D eigenvalue weighted by atomic mass is 32.1. The topological polar surface area (TPSA) is 74.9 Å². The molecule has 0 saturated heterocycles. The molecule has 0 spiro atoms. The van der Waals surface area contributed by atoms with Crippen molar-refractivity contribution in [3.63, 3.8) is 0 Å². The number of amides is 1. The van der Waals surface area contributed by atoms with Crippen LogP contribution < -0.4 is 10.9 Å². The van der Waals surface area contributed by atoms with Crippen molar-refractivity contribution in [1.82, 2.24) is 9.88 Å². The lowest BCUT2D eigenvalue weighted by atomic mass is 9.85. The van der Waals surface area contributed by atoms with Crippen molar-refractivity contribution in [2.45, 2.75) is 40.3 Å². The number of nitrogens with zero attached hydrogens (tertiary/aromatic N) is 2. The monoisotopic (exact) mass is 343 g/mol. The number of rotatable bonds is 4. The van der Waals surface area contributed by atoms with Crippen LogP contribution in [0.4, 0.5) is 0 Å². The fourth-order valence-corrected chi connectivity index (χ4v) is 3.48. The van der Waals surface area contributed by atoms with Crippen molar-refractivity contribution in [3.8, 4) is 6.07 Å². The summed E-state index contributed by atoms with van der Waals surface area (Å²) in [5, 5.41) is 14.1. The molecule has 6 heteroatoms. The molecular formula is C18H21N3O2S. The minimum atomic E-state index is -0.434. The van der Waals surface area contributed by atoms with Gasteiger partial charge in [-0.3, -0.25) is 9.59 Å². The Labute approximate surface area is 145 Å². The van der Waals surface area contributed by atoms with Gasteiger partial charge in [0.05, 0.1) is 6.04 Å². The first kappa shape index (κ1) is 18.0. The van der Waals surface area contributed by atoms with Gasteiger partial charge in [0.2, 0.25) is 5.91 Å². The zero-order chi connectivity index (χ0) is 17.9. The van der Waals surface area contributed by atoms with Crippen molar-refractivity contribution >= 4 is 17.2 Å². The van der Waals surface area contributed by atoms with Gasteiger partial charge in [-0.15, -0.1) is 11.3 Å². The van der Waals surface area contributed by atoms with Gasteiger partial charge in [0.15, 0.2) is 0 Å². The summed E-state index contributed by atoms with van der Waals surface area (Å²) in [7, 11) is 0. The van der Waals surface area contributed by atoms with Crippen LogP contribution in [-0.2, 0) is 11.3 Å². The minimum Gasteiger partial charge on any atom is -0.346 e. The molecule has 1 N–H and O–H groups in total. The number of aromatic nitrogens is 1. The molecule has 0 fully saturated rings. The van der Waals surface area contributed by atoms with Gasteiger partial charge in [-0.2, -0.15) is 5.26 Å². The zero-order valence-corrected chi connectivity index (χ0v) is 15.1. The molecule has 0 radical (unpaired) electrons. The molecule has 1 atom stereocenters. The van der Waals surface area contributed by atoms with Gasteiger partial charge < -0.3 is 9.88 Å². The Morgan fingerprint density at radius 2 is 2.12 bits per heavy atom. The maximum absolute atomic E-state index is 12.5. The van der Waals surface area contributed by atoms with E-state index in [0.717, 1.165) is 4.88 Å². The lowest BCUT2D eigenvalue weighted by Crippen LogP contribution is -2.39. The predicted octanol–water partition coefficient (Wildman–Crippen LogP) is 2.99. The fraction of sp³-hybridized carbons (Fsp3) is 0.389. The summed E-state index contributed by atoms with van der Waals surface area (Å²) in [6.07, 6.45) is 1.55. The SMILES string of the molecule is Cc1ccn(CC(=O)N[C@H](c2cccs2)C(C)(C)C)c(=O)c1C#N. The molecule has 24 heavy (non-hydrogen) atoms. The number of pyridine rings is 1. The molecule has 2 aromatic rings. The molecule has 0 bridgehead atoms. The van der Waals surface area contributed by atoms with Crippen LogP contribution in [-0.4, -0.2) is 10.5 Å². The Morgan fingerprint density at radius 1 is 1.42 bits per heavy atom. The maximum Gasteiger partial charge on any atom is 0.269 e. The average molecular weight is 343 g/mol. The van der Waals surface area contributed by atoms with Gasteiger partial charge >= 0.3 is 0 Å². The van der Waals surface area contributed by atoms with E-state index in [2.05, 4.69) is 26.1 Å². The molecule has 0 aromatic carbocycles. The molecule has 0 aliphatic rings. The summed E-state index contributed by atoms with van der Waals surface area (Å²) in [6.45, 7) is 7.78. The zero-order valence-electron chi connectivity index (χ0n) is 14.3. The number of nitrogens with one attached hydrogen (secondary N) is 1. The molecule has 0 unspecified atom stereocenters. The largest absolute Gasteiger partial charge is 0.346 e. The Bertz CT molecular complexity index is 823. The van der Waals surface area contributed by atoms with Crippen molar-refractivity contribution in [2.24, 2.45) is 5.41 Å². The summed E-state index contributed by atoms with van der Waals surface area (Å²) in [4.78, 5) is 25.8. The van der Waals surface area contributed by atoms with E-state index in [-0.39, 0.29) is 29.5 Å². The molecule has 0 aliphatic heterocycles. The third-order valence-corrected chi connectivity index (χ3v) is 4.74. The summed E-state index contributed by atoms with van der Waals surface area (Å²) >= 11 is 1.59. The van der Waals surface area contributed by atoms with Crippen molar-refractivity contribution in [2.75, 3.05) is 0 Å². The van der Waals surface area contributed by atoms with Gasteiger partial charge in [-0.05, 0) is 35.4 Å². The van der Waals surface area contributed by atoms with Crippen LogP contribution >= 0.6 is 11.3 Å². The van der Waals surface area contributed by atoms with Gasteiger partial charge in [0.1, 0.15) is 18.2 Å². The highest BCUT2D eigenvalue weighted by Gasteiger charge is 2.28. The maximum atomic E-state index is 12.5. The Hall–Kier alpha value is -2.39. The minimum absolute atomic E-state index is 0.0796.